The van der Waals surface area contributed by atoms with Crippen molar-refractivity contribution in [1.29, 1.82) is 0 Å². The first kappa shape index (κ1) is 15.4. The van der Waals surface area contributed by atoms with Gasteiger partial charge in [0.2, 0.25) is 5.91 Å². The summed E-state index contributed by atoms with van der Waals surface area (Å²) in [4.78, 5) is 26.1. The number of carbonyl (C=O) groups excluding carboxylic acids is 1. The Morgan fingerprint density at radius 3 is 2.84 bits per heavy atom. The SMILES string of the molecule is CC(C)CNC(=O)CNc1nc(CCC(=O)O)cs1. The summed E-state index contributed by atoms with van der Waals surface area (Å²) < 4.78 is 0. The largest absolute Gasteiger partial charge is 0.481 e. The lowest BCUT2D eigenvalue weighted by Crippen LogP contribution is -2.32. The Balaban J connectivity index is 2.29. The van der Waals surface area contributed by atoms with Crippen molar-refractivity contribution >= 4 is 28.3 Å². The Labute approximate surface area is 116 Å². The van der Waals surface area contributed by atoms with Crippen LogP contribution in [0, 0.1) is 5.92 Å². The summed E-state index contributed by atoms with van der Waals surface area (Å²) in [6.07, 6.45) is 0.477. The molecule has 0 fully saturated rings. The molecule has 0 radical (unpaired) electrons. The quantitative estimate of drug-likeness (QED) is 0.670. The Morgan fingerprint density at radius 2 is 2.21 bits per heavy atom. The lowest BCUT2D eigenvalue weighted by molar-refractivity contribution is -0.137. The number of carboxylic acid groups (broad SMARTS) is 1. The first-order valence-corrected chi connectivity index (χ1v) is 7.02. The minimum atomic E-state index is -0.837. The van der Waals surface area contributed by atoms with E-state index in [9.17, 15) is 9.59 Å². The van der Waals surface area contributed by atoms with Crippen molar-refractivity contribution in [3.8, 4) is 0 Å². The molecule has 19 heavy (non-hydrogen) atoms. The number of amides is 1. The fraction of sp³-hybridized carbons (Fsp3) is 0.583. The van der Waals surface area contributed by atoms with Gasteiger partial charge in [-0.2, -0.15) is 0 Å². The fourth-order valence-electron chi connectivity index (χ4n) is 1.27. The van der Waals surface area contributed by atoms with Crippen LogP contribution in [0.15, 0.2) is 5.38 Å². The molecular formula is C12H19N3O3S. The molecule has 0 unspecified atom stereocenters. The zero-order valence-corrected chi connectivity index (χ0v) is 11.9. The lowest BCUT2D eigenvalue weighted by atomic mass is 10.2. The number of aromatic nitrogens is 1. The van der Waals surface area contributed by atoms with E-state index in [0.717, 1.165) is 5.69 Å². The third-order valence-electron chi connectivity index (χ3n) is 2.25. The number of nitrogens with one attached hydrogen (secondary N) is 2. The van der Waals surface area contributed by atoms with Gasteiger partial charge in [0.05, 0.1) is 18.7 Å². The van der Waals surface area contributed by atoms with E-state index < -0.39 is 5.97 Å². The van der Waals surface area contributed by atoms with Crippen molar-refractivity contribution in [2.75, 3.05) is 18.4 Å². The fourth-order valence-corrected chi connectivity index (χ4v) is 2.02. The Hall–Kier alpha value is -1.63. The molecule has 106 valence electrons. The van der Waals surface area contributed by atoms with Gasteiger partial charge in [-0.05, 0) is 5.92 Å². The second-order valence-corrected chi connectivity index (χ2v) is 5.45. The molecule has 0 atom stereocenters. The van der Waals surface area contributed by atoms with E-state index in [1.165, 1.54) is 11.3 Å². The summed E-state index contributed by atoms with van der Waals surface area (Å²) in [6, 6.07) is 0. The lowest BCUT2D eigenvalue weighted by Gasteiger charge is -2.07. The van der Waals surface area contributed by atoms with Gasteiger partial charge in [0, 0.05) is 18.3 Å². The Kier molecular flexibility index (Phi) is 6.27. The molecule has 1 aromatic heterocycles. The highest BCUT2D eigenvalue weighted by molar-refractivity contribution is 7.13. The molecule has 0 bridgehead atoms. The van der Waals surface area contributed by atoms with Gasteiger partial charge in [-0.25, -0.2) is 4.98 Å². The minimum absolute atomic E-state index is 0.0675. The number of carbonyl (C=O) groups is 2. The maximum absolute atomic E-state index is 11.5. The van der Waals surface area contributed by atoms with Crippen molar-refractivity contribution in [2.24, 2.45) is 5.92 Å². The van der Waals surface area contributed by atoms with E-state index in [1.54, 1.807) is 5.38 Å². The Morgan fingerprint density at radius 1 is 1.47 bits per heavy atom. The number of aliphatic carboxylic acids is 1. The summed E-state index contributed by atoms with van der Waals surface area (Å²) in [7, 11) is 0. The highest BCUT2D eigenvalue weighted by Crippen LogP contribution is 2.16. The highest BCUT2D eigenvalue weighted by Gasteiger charge is 2.06. The van der Waals surface area contributed by atoms with Crippen molar-refractivity contribution in [1.82, 2.24) is 10.3 Å². The van der Waals surface area contributed by atoms with Crippen LogP contribution in [0.5, 0.6) is 0 Å². The van der Waals surface area contributed by atoms with E-state index in [0.29, 0.717) is 24.0 Å². The van der Waals surface area contributed by atoms with Gasteiger partial charge in [-0.3, -0.25) is 9.59 Å². The van der Waals surface area contributed by atoms with Crippen molar-refractivity contribution in [3.63, 3.8) is 0 Å². The molecule has 0 spiro atoms. The molecule has 0 aromatic carbocycles. The van der Waals surface area contributed by atoms with Crippen molar-refractivity contribution in [3.05, 3.63) is 11.1 Å². The number of aryl methyl sites for hydroxylation is 1. The number of nitrogens with zero attached hydrogens (tertiary/aromatic N) is 1. The van der Waals surface area contributed by atoms with E-state index in [4.69, 9.17) is 5.11 Å². The molecule has 0 saturated carbocycles. The number of hydrogen-bond donors (Lipinski definition) is 3. The van der Waals surface area contributed by atoms with Gasteiger partial charge in [-0.1, -0.05) is 13.8 Å². The maximum atomic E-state index is 11.5. The van der Waals surface area contributed by atoms with E-state index in [1.807, 2.05) is 13.8 Å². The predicted octanol–water partition coefficient (Wildman–Crippen LogP) is 1.34. The van der Waals surface area contributed by atoms with Gasteiger partial charge in [-0.15, -0.1) is 11.3 Å². The first-order valence-electron chi connectivity index (χ1n) is 6.14. The molecule has 0 aliphatic rings. The molecule has 1 rings (SSSR count). The summed E-state index contributed by atoms with van der Waals surface area (Å²) in [5, 5.41) is 16.7. The molecule has 0 aliphatic heterocycles. The molecule has 1 aromatic rings. The van der Waals surface area contributed by atoms with Gasteiger partial charge in [0.1, 0.15) is 0 Å². The third-order valence-corrected chi connectivity index (χ3v) is 3.10. The van der Waals surface area contributed by atoms with Crippen LogP contribution in [-0.4, -0.2) is 35.1 Å². The zero-order chi connectivity index (χ0) is 14.3. The van der Waals surface area contributed by atoms with Crippen LogP contribution in [0.1, 0.15) is 26.0 Å². The Bertz CT molecular complexity index is 432. The maximum Gasteiger partial charge on any atom is 0.303 e. The molecule has 3 N–H and O–H groups in total. The monoisotopic (exact) mass is 285 g/mol. The average molecular weight is 285 g/mol. The van der Waals surface area contributed by atoms with E-state index in [-0.39, 0.29) is 18.9 Å². The van der Waals surface area contributed by atoms with Crippen LogP contribution in [0.3, 0.4) is 0 Å². The minimum Gasteiger partial charge on any atom is -0.481 e. The number of hydrogen-bond acceptors (Lipinski definition) is 5. The number of thiazole rings is 1. The molecule has 0 aliphatic carbocycles. The second-order valence-electron chi connectivity index (χ2n) is 4.59. The van der Waals surface area contributed by atoms with Crippen LogP contribution in [0.25, 0.3) is 0 Å². The molecular weight excluding hydrogens is 266 g/mol. The molecule has 1 amide bonds. The van der Waals surface area contributed by atoms with Gasteiger partial charge in [0.15, 0.2) is 5.13 Å². The number of rotatable bonds is 8. The highest BCUT2D eigenvalue weighted by atomic mass is 32.1. The molecule has 6 nitrogen and oxygen atoms in total. The van der Waals surface area contributed by atoms with Crippen LogP contribution in [0.4, 0.5) is 5.13 Å². The molecule has 0 saturated heterocycles. The zero-order valence-electron chi connectivity index (χ0n) is 11.1. The number of anilines is 1. The first-order chi connectivity index (χ1) is 8.97. The van der Waals surface area contributed by atoms with Crippen molar-refractivity contribution in [2.45, 2.75) is 26.7 Å². The standard InChI is InChI=1S/C12H19N3O3S/c1-8(2)5-13-10(16)6-14-12-15-9(7-19-12)3-4-11(17)18/h7-8H,3-6H2,1-2H3,(H,13,16)(H,14,15)(H,17,18). The van der Waals surface area contributed by atoms with Crippen LogP contribution < -0.4 is 10.6 Å². The van der Waals surface area contributed by atoms with E-state index >= 15 is 0 Å². The average Bonchev–Trinajstić information content (AvgIpc) is 2.79. The molecule has 1 heterocycles. The normalized spacial score (nSPS) is 10.5. The van der Waals surface area contributed by atoms with Crippen LogP contribution in [0.2, 0.25) is 0 Å². The summed E-state index contributed by atoms with van der Waals surface area (Å²) >= 11 is 1.37. The van der Waals surface area contributed by atoms with Gasteiger partial charge in [0.25, 0.3) is 0 Å². The summed E-state index contributed by atoms with van der Waals surface area (Å²) in [6.45, 7) is 4.90. The molecule has 7 heteroatoms. The van der Waals surface area contributed by atoms with Gasteiger partial charge >= 0.3 is 5.97 Å². The van der Waals surface area contributed by atoms with Gasteiger partial charge < -0.3 is 15.7 Å². The topological polar surface area (TPSA) is 91.3 Å². The van der Waals surface area contributed by atoms with Crippen LogP contribution >= 0.6 is 11.3 Å². The van der Waals surface area contributed by atoms with Crippen LogP contribution in [-0.2, 0) is 16.0 Å². The summed E-state index contributed by atoms with van der Waals surface area (Å²) in [5.74, 6) is -0.488. The summed E-state index contributed by atoms with van der Waals surface area (Å²) in [5.41, 5.74) is 0.734. The third kappa shape index (κ3) is 6.76. The number of carboxylic acids is 1. The van der Waals surface area contributed by atoms with Crippen molar-refractivity contribution < 1.29 is 14.7 Å². The predicted molar refractivity (Wildman–Crippen MR) is 74.4 cm³/mol. The smallest absolute Gasteiger partial charge is 0.303 e. The van der Waals surface area contributed by atoms with E-state index in [2.05, 4.69) is 15.6 Å². The second kappa shape index (κ2) is 7.73.